The van der Waals surface area contributed by atoms with Crippen molar-refractivity contribution >= 4 is 0 Å². The number of hydrogen-bond donors (Lipinski definition) is 1. The Morgan fingerprint density at radius 1 is 1.40 bits per heavy atom. The van der Waals surface area contributed by atoms with E-state index < -0.39 is 0 Å². The highest BCUT2D eigenvalue weighted by Gasteiger charge is 2.20. The number of rotatable bonds is 3. The second kappa shape index (κ2) is 4.75. The van der Waals surface area contributed by atoms with Crippen molar-refractivity contribution in [3.8, 4) is 0 Å². The normalized spacial score (nSPS) is 26.8. The standard InChI is InChI=1S/C11H20N4/c1-2-15-11(13-8-14-15)7-9-3-5-10(12)6-4-9/h8-10H,2-7,12H2,1H3. The Bertz CT molecular complexity index is 299. The molecule has 2 rings (SSSR count). The van der Waals surface area contributed by atoms with Gasteiger partial charge in [0.25, 0.3) is 0 Å². The zero-order valence-corrected chi connectivity index (χ0v) is 9.39. The lowest BCUT2D eigenvalue weighted by atomic mass is 9.84. The van der Waals surface area contributed by atoms with Crippen LogP contribution < -0.4 is 5.73 Å². The van der Waals surface area contributed by atoms with Gasteiger partial charge in [0.05, 0.1) is 0 Å². The molecule has 1 saturated carbocycles. The summed E-state index contributed by atoms with van der Waals surface area (Å²) in [5, 5.41) is 4.20. The Kier molecular flexibility index (Phi) is 3.36. The van der Waals surface area contributed by atoms with E-state index in [2.05, 4.69) is 17.0 Å². The number of nitrogens with zero attached hydrogens (tertiary/aromatic N) is 3. The van der Waals surface area contributed by atoms with Gasteiger partial charge in [-0.3, -0.25) is 4.68 Å². The Morgan fingerprint density at radius 2 is 2.13 bits per heavy atom. The van der Waals surface area contributed by atoms with Crippen LogP contribution in [-0.4, -0.2) is 20.8 Å². The van der Waals surface area contributed by atoms with Crippen LogP contribution in [0.4, 0.5) is 0 Å². The third-order valence-corrected chi connectivity index (χ3v) is 3.36. The second-order valence-electron chi connectivity index (χ2n) is 4.48. The number of hydrogen-bond acceptors (Lipinski definition) is 3. The van der Waals surface area contributed by atoms with Crippen molar-refractivity contribution in [2.24, 2.45) is 11.7 Å². The van der Waals surface area contributed by atoms with Gasteiger partial charge >= 0.3 is 0 Å². The molecule has 4 nitrogen and oxygen atoms in total. The molecule has 1 fully saturated rings. The van der Waals surface area contributed by atoms with E-state index in [1.165, 1.54) is 25.7 Å². The van der Waals surface area contributed by atoms with Crippen molar-refractivity contribution in [2.75, 3.05) is 0 Å². The summed E-state index contributed by atoms with van der Waals surface area (Å²) >= 11 is 0. The number of aryl methyl sites for hydroxylation is 1. The van der Waals surface area contributed by atoms with Gasteiger partial charge in [0.15, 0.2) is 0 Å². The van der Waals surface area contributed by atoms with Crippen LogP contribution in [0, 0.1) is 5.92 Å². The maximum absolute atomic E-state index is 5.89. The van der Waals surface area contributed by atoms with Crippen LogP contribution in [0.5, 0.6) is 0 Å². The first-order chi connectivity index (χ1) is 7.29. The van der Waals surface area contributed by atoms with Gasteiger partial charge < -0.3 is 5.73 Å². The van der Waals surface area contributed by atoms with Crippen LogP contribution in [0.1, 0.15) is 38.4 Å². The Balaban J connectivity index is 1.91. The fourth-order valence-corrected chi connectivity index (χ4v) is 2.36. The molecular formula is C11H20N4. The molecule has 1 aromatic heterocycles. The smallest absolute Gasteiger partial charge is 0.138 e. The lowest BCUT2D eigenvalue weighted by Gasteiger charge is -2.25. The SMILES string of the molecule is CCn1ncnc1CC1CCC(N)CC1. The lowest BCUT2D eigenvalue weighted by molar-refractivity contribution is 0.317. The van der Waals surface area contributed by atoms with E-state index in [1.54, 1.807) is 6.33 Å². The molecule has 2 N–H and O–H groups in total. The molecule has 0 amide bonds. The molecule has 0 spiro atoms. The van der Waals surface area contributed by atoms with Crippen LogP contribution in [-0.2, 0) is 13.0 Å². The van der Waals surface area contributed by atoms with Crippen molar-refractivity contribution in [2.45, 2.75) is 51.6 Å². The van der Waals surface area contributed by atoms with E-state index >= 15 is 0 Å². The molecule has 0 atom stereocenters. The van der Waals surface area contributed by atoms with Gasteiger partial charge in [-0.25, -0.2) is 4.98 Å². The Labute approximate surface area is 90.9 Å². The van der Waals surface area contributed by atoms with Gasteiger partial charge in [-0.1, -0.05) is 0 Å². The summed E-state index contributed by atoms with van der Waals surface area (Å²) in [6.07, 6.45) is 7.57. The van der Waals surface area contributed by atoms with E-state index in [9.17, 15) is 0 Å². The number of nitrogens with two attached hydrogens (primary N) is 1. The summed E-state index contributed by atoms with van der Waals surface area (Å²) in [6, 6.07) is 0.435. The predicted molar refractivity (Wildman–Crippen MR) is 59.3 cm³/mol. The van der Waals surface area contributed by atoms with Crippen molar-refractivity contribution in [3.05, 3.63) is 12.2 Å². The molecule has 0 unspecified atom stereocenters. The highest BCUT2D eigenvalue weighted by atomic mass is 15.3. The minimum absolute atomic E-state index is 0.435. The van der Waals surface area contributed by atoms with Crippen molar-refractivity contribution in [3.63, 3.8) is 0 Å². The first-order valence-corrected chi connectivity index (χ1v) is 5.92. The van der Waals surface area contributed by atoms with E-state index in [4.69, 9.17) is 5.73 Å². The van der Waals surface area contributed by atoms with Crippen LogP contribution in [0.15, 0.2) is 6.33 Å². The number of aromatic nitrogens is 3. The summed E-state index contributed by atoms with van der Waals surface area (Å²) in [5.41, 5.74) is 5.89. The molecule has 0 aromatic carbocycles. The van der Waals surface area contributed by atoms with Gasteiger partial charge in [0.2, 0.25) is 0 Å². The largest absolute Gasteiger partial charge is 0.328 e. The zero-order chi connectivity index (χ0) is 10.7. The van der Waals surface area contributed by atoms with Gasteiger partial charge in [-0.05, 0) is 38.5 Å². The molecule has 1 heterocycles. The maximum Gasteiger partial charge on any atom is 0.138 e. The second-order valence-corrected chi connectivity index (χ2v) is 4.48. The van der Waals surface area contributed by atoms with Crippen LogP contribution in [0.2, 0.25) is 0 Å². The summed E-state index contributed by atoms with van der Waals surface area (Å²) in [7, 11) is 0. The molecule has 4 heteroatoms. The van der Waals surface area contributed by atoms with Crippen LogP contribution in [0.3, 0.4) is 0 Å². The third-order valence-electron chi connectivity index (χ3n) is 3.36. The molecule has 1 aliphatic rings. The molecule has 0 bridgehead atoms. The monoisotopic (exact) mass is 208 g/mol. The fourth-order valence-electron chi connectivity index (χ4n) is 2.36. The third kappa shape index (κ3) is 2.56. The molecule has 84 valence electrons. The molecule has 0 saturated heterocycles. The molecule has 1 aliphatic carbocycles. The molecule has 0 radical (unpaired) electrons. The quantitative estimate of drug-likeness (QED) is 0.816. The highest BCUT2D eigenvalue weighted by molar-refractivity contribution is 4.89. The van der Waals surface area contributed by atoms with Gasteiger partial charge in [-0.2, -0.15) is 5.10 Å². The Hall–Kier alpha value is -0.900. The van der Waals surface area contributed by atoms with E-state index in [0.717, 1.165) is 24.7 Å². The van der Waals surface area contributed by atoms with E-state index in [0.29, 0.717) is 6.04 Å². The predicted octanol–water partition coefficient (Wildman–Crippen LogP) is 1.36. The first-order valence-electron chi connectivity index (χ1n) is 5.92. The first kappa shape index (κ1) is 10.6. The van der Waals surface area contributed by atoms with Gasteiger partial charge in [-0.15, -0.1) is 0 Å². The zero-order valence-electron chi connectivity index (χ0n) is 9.39. The molecular weight excluding hydrogens is 188 g/mol. The van der Waals surface area contributed by atoms with E-state index in [-0.39, 0.29) is 0 Å². The molecule has 1 aromatic rings. The minimum atomic E-state index is 0.435. The van der Waals surface area contributed by atoms with Gasteiger partial charge in [0.1, 0.15) is 12.2 Å². The van der Waals surface area contributed by atoms with Crippen LogP contribution in [0.25, 0.3) is 0 Å². The topological polar surface area (TPSA) is 56.7 Å². The lowest BCUT2D eigenvalue weighted by Crippen LogP contribution is -2.27. The van der Waals surface area contributed by atoms with Crippen molar-refractivity contribution < 1.29 is 0 Å². The molecule has 0 aliphatic heterocycles. The summed E-state index contributed by atoms with van der Waals surface area (Å²) < 4.78 is 1.99. The highest BCUT2D eigenvalue weighted by Crippen LogP contribution is 2.25. The summed E-state index contributed by atoms with van der Waals surface area (Å²) in [6.45, 7) is 3.02. The summed E-state index contributed by atoms with van der Waals surface area (Å²) in [4.78, 5) is 4.32. The van der Waals surface area contributed by atoms with Crippen molar-refractivity contribution in [1.82, 2.24) is 14.8 Å². The minimum Gasteiger partial charge on any atom is -0.328 e. The van der Waals surface area contributed by atoms with Crippen molar-refractivity contribution in [1.29, 1.82) is 0 Å². The Morgan fingerprint density at radius 3 is 2.80 bits per heavy atom. The average Bonchev–Trinajstić information content (AvgIpc) is 2.69. The fraction of sp³-hybridized carbons (Fsp3) is 0.818. The average molecular weight is 208 g/mol. The molecule has 15 heavy (non-hydrogen) atoms. The van der Waals surface area contributed by atoms with E-state index in [1.807, 2.05) is 4.68 Å². The van der Waals surface area contributed by atoms with Gasteiger partial charge in [0, 0.05) is 19.0 Å². The summed E-state index contributed by atoms with van der Waals surface area (Å²) in [5.74, 6) is 1.90. The van der Waals surface area contributed by atoms with Crippen LogP contribution >= 0.6 is 0 Å². The maximum atomic E-state index is 5.89.